The minimum Gasteiger partial charge on any atom is -0.340 e. The van der Waals surface area contributed by atoms with Crippen LogP contribution in [0, 0.1) is 5.92 Å². The predicted molar refractivity (Wildman–Crippen MR) is 95.1 cm³/mol. The van der Waals surface area contributed by atoms with Crippen molar-refractivity contribution < 1.29 is 4.79 Å². The van der Waals surface area contributed by atoms with E-state index in [1.54, 1.807) is 0 Å². The predicted octanol–water partition coefficient (Wildman–Crippen LogP) is 2.31. The third-order valence-corrected chi connectivity index (χ3v) is 5.42. The van der Waals surface area contributed by atoms with E-state index in [0.717, 1.165) is 51.5 Å². The summed E-state index contributed by atoms with van der Waals surface area (Å²) in [6, 6.07) is 0.653. The van der Waals surface area contributed by atoms with E-state index in [9.17, 15) is 4.79 Å². The minimum absolute atomic E-state index is 0. The summed E-state index contributed by atoms with van der Waals surface area (Å²) in [4.78, 5) is 17.2. The van der Waals surface area contributed by atoms with Gasteiger partial charge in [-0.25, -0.2) is 0 Å². The maximum atomic E-state index is 12.4. The summed E-state index contributed by atoms with van der Waals surface area (Å²) < 4.78 is 0. The molecule has 1 amide bonds. The number of carbonyl (C=O) groups is 1. The molecule has 3 aliphatic heterocycles. The number of hydrogen-bond acceptors (Lipinski definition) is 3. The molecule has 0 saturated carbocycles. The molecule has 3 aliphatic rings. The molecule has 0 aromatic rings. The number of rotatable bonds is 3. The van der Waals surface area contributed by atoms with Gasteiger partial charge in [-0.3, -0.25) is 9.69 Å². The van der Waals surface area contributed by atoms with Gasteiger partial charge in [-0.2, -0.15) is 0 Å². The van der Waals surface area contributed by atoms with Crippen molar-refractivity contribution in [1.29, 1.82) is 0 Å². The molecule has 4 nitrogen and oxygen atoms in total. The van der Waals surface area contributed by atoms with E-state index in [-0.39, 0.29) is 24.8 Å². The van der Waals surface area contributed by atoms with E-state index in [0.29, 0.717) is 11.9 Å². The van der Waals surface area contributed by atoms with E-state index in [1.165, 1.54) is 38.6 Å². The smallest absolute Gasteiger partial charge is 0.222 e. The van der Waals surface area contributed by atoms with Gasteiger partial charge in [0.2, 0.25) is 5.91 Å². The van der Waals surface area contributed by atoms with Gasteiger partial charge in [-0.05, 0) is 57.7 Å². The average molecular weight is 352 g/mol. The number of carbonyl (C=O) groups excluding carboxylic acids is 1. The SMILES string of the molecule is Cl.Cl.O=C(CCC1CCNCC1)N1CCN2CCCCC2C1. The number of hydrogen-bond donors (Lipinski definition) is 1. The summed E-state index contributed by atoms with van der Waals surface area (Å²) in [6.07, 6.45) is 8.37. The summed E-state index contributed by atoms with van der Waals surface area (Å²) in [5.41, 5.74) is 0. The summed E-state index contributed by atoms with van der Waals surface area (Å²) in [5, 5.41) is 3.40. The van der Waals surface area contributed by atoms with Crippen molar-refractivity contribution in [2.24, 2.45) is 5.92 Å². The topological polar surface area (TPSA) is 35.6 Å². The number of nitrogens with zero attached hydrogens (tertiary/aromatic N) is 2. The van der Waals surface area contributed by atoms with Gasteiger partial charge in [0.15, 0.2) is 0 Å². The van der Waals surface area contributed by atoms with E-state index >= 15 is 0 Å². The second kappa shape index (κ2) is 9.96. The number of halogens is 2. The van der Waals surface area contributed by atoms with Gasteiger partial charge in [-0.15, -0.1) is 24.8 Å². The third kappa shape index (κ3) is 5.26. The van der Waals surface area contributed by atoms with Crippen molar-refractivity contribution in [3.63, 3.8) is 0 Å². The summed E-state index contributed by atoms with van der Waals surface area (Å²) >= 11 is 0. The highest BCUT2D eigenvalue weighted by molar-refractivity contribution is 5.85. The number of piperazine rings is 1. The zero-order chi connectivity index (χ0) is 13.8. The van der Waals surface area contributed by atoms with E-state index in [4.69, 9.17) is 0 Å². The molecule has 3 rings (SSSR count). The Morgan fingerprint density at radius 2 is 1.77 bits per heavy atom. The van der Waals surface area contributed by atoms with Crippen LogP contribution in [0.1, 0.15) is 44.9 Å². The molecule has 0 radical (unpaired) electrons. The fourth-order valence-corrected chi connectivity index (χ4v) is 4.04. The van der Waals surface area contributed by atoms with Gasteiger partial charge in [0, 0.05) is 32.1 Å². The quantitative estimate of drug-likeness (QED) is 0.847. The van der Waals surface area contributed by atoms with Crippen molar-refractivity contribution in [1.82, 2.24) is 15.1 Å². The molecule has 0 aromatic heterocycles. The Morgan fingerprint density at radius 3 is 2.55 bits per heavy atom. The van der Waals surface area contributed by atoms with Gasteiger partial charge in [0.1, 0.15) is 0 Å². The molecule has 1 N–H and O–H groups in total. The molecule has 1 atom stereocenters. The Bertz CT molecular complexity index is 337. The summed E-state index contributed by atoms with van der Waals surface area (Å²) in [5.74, 6) is 1.19. The first-order chi connectivity index (χ1) is 9.83. The van der Waals surface area contributed by atoms with Crippen LogP contribution in [0.4, 0.5) is 0 Å². The van der Waals surface area contributed by atoms with Crippen molar-refractivity contribution in [3.8, 4) is 0 Å². The van der Waals surface area contributed by atoms with Crippen LogP contribution in [0.2, 0.25) is 0 Å². The number of piperidine rings is 2. The van der Waals surface area contributed by atoms with E-state index in [2.05, 4.69) is 15.1 Å². The number of fused-ring (bicyclic) bond motifs is 1. The molecule has 0 spiro atoms. The Morgan fingerprint density at radius 1 is 1.00 bits per heavy atom. The first-order valence-corrected chi connectivity index (χ1v) is 8.55. The van der Waals surface area contributed by atoms with Crippen LogP contribution in [0.3, 0.4) is 0 Å². The maximum absolute atomic E-state index is 12.4. The first-order valence-electron chi connectivity index (χ1n) is 8.55. The molecule has 0 aromatic carbocycles. The molecule has 3 saturated heterocycles. The van der Waals surface area contributed by atoms with Gasteiger partial charge >= 0.3 is 0 Å². The Hall–Kier alpha value is -0.0300. The van der Waals surface area contributed by atoms with Gasteiger partial charge in [-0.1, -0.05) is 6.42 Å². The van der Waals surface area contributed by atoms with Crippen LogP contribution in [0.15, 0.2) is 0 Å². The molecule has 1 unspecified atom stereocenters. The normalized spacial score (nSPS) is 26.5. The Kier molecular flexibility index (Phi) is 9.07. The molecule has 22 heavy (non-hydrogen) atoms. The van der Waals surface area contributed by atoms with Crippen LogP contribution >= 0.6 is 24.8 Å². The lowest BCUT2D eigenvalue weighted by atomic mass is 9.92. The Balaban J connectivity index is 0.00000121. The largest absolute Gasteiger partial charge is 0.340 e. The fraction of sp³-hybridized carbons (Fsp3) is 0.938. The number of amides is 1. The monoisotopic (exact) mass is 351 g/mol. The zero-order valence-electron chi connectivity index (χ0n) is 13.5. The fourth-order valence-electron chi connectivity index (χ4n) is 4.04. The molecule has 130 valence electrons. The molecular formula is C16H31Cl2N3O. The highest BCUT2D eigenvalue weighted by Crippen LogP contribution is 2.23. The summed E-state index contributed by atoms with van der Waals surface area (Å²) in [6.45, 7) is 6.58. The van der Waals surface area contributed by atoms with Gasteiger partial charge in [0.25, 0.3) is 0 Å². The molecule has 3 heterocycles. The Labute approximate surface area is 147 Å². The van der Waals surface area contributed by atoms with Crippen molar-refractivity contribution in [2.45, 2.75) is 51.0 Å². The van der Waals surface area contributed by atoms with Crippen molar-refractivity contribution >= 4 is 30.7 Å². The van der Waals surface area contributed by atoms with Crippen molar-refractivity contribution in [2.75, 3.05) is 39.3 Å². The highest BCUT2D eigenvalue weighted by Gasteiger charge is 2.30. The molecule has 0 bridgehead atoms. The van der Waals surface area contributed by atoms with Gasteiger partial charge < -0.3 is 10.2 Å². The van der Waals surface area contributed by atoms with Crippen LogP contribution in [-0.2, 0) is 4.79 Å². The van der Waals surface area contributed by atoms with Crippen LogP contribution in [0.25, 0.3) is 0 Å². The second-order valence-corrected chi connectivity index (χ2v) is 6.76. The lowest BCUT2D eigenvalue weighted by molar-refractivity contribution is -0.135. The van der Waals surface area contributed by atoms with Crippen LogP contribution < -0.4 is 5.32 Å². The van der Waals surface area contributed by atoms with Crippen LogP contribution in [0.5, 0.6) is 0 Å². The van der Waals surface area contributed by atoms with E-state index in [1.807, 2.05) is 0 Å². The molecule has 6 heteroatoms. The summed E-state index contributed by atoms with van der Waals surface area (Å²) in [7, 11) is 0. The first kappa shape index (κ1) is 20.0. The molecular weight excluding hydrogens is 321 g/mol. The number of nitrogens with one attached hydrogen (secondary N) is 1. The van der Waals surface area contributed by atoms with Gasteiger partial charge in [0.05, 0.1) is 0 Å². The standard InChI is InChI=1S/C16H29N3O.2ClH/c20-16(5-4-14-6-8-17-9-7-14)19-12-11-18-10-2-1-3-15(18)13-19;;/h14-15,17H,1-13H2;2*1H. The minimum atomic E-state index is 0. The second-order valence-electron chi connectivity index (χ2n) is 6.76. The lowest BCUT2D eigenvalue weighted by Gasteiger charge is -2.44. The average Bonchev–Trinajstić information content (AvgIpc) is 2.53. The third-order valence-electron chi connectivity index (χ3n) is 5.42. The lowest BCUT2D eigenvalue weighted by Crippen LogP contribution is -2.56. The molecule has 0 aliphatic carbocycles. The van der Waals surface area contributed by atoms with Crippen molar-refractivity contribution in [3.05, 3.63) is 0 Å². The molecule has 3 fully saturated rings. The van der Waals surface area contributed by atoms with E-state index < -0.39 is 0 Å². The zero-order valence-corrected chi connectivity index (χ0v) is 15.1. The van der Waals surface area contributed by atoms with Crippen LogP contribution in [-0.4, -0.2) is 61.0 Å². The highest BCUT2D eigenvalue weighted by atomic mass is 35.5. The maximum Gasteiger partial charge on any atom is 0.222 e.